The molecule has 1 aromatic rings. The van der Waals surface area contributed by atoms with Crippen LogP contribution in [0.4, 0.5) is 0 Å². The van der Waals surface area contributed by atoms with Crippen molar-refractivity contribution in [2.45, 2.75) is 62.2 Å². The molecule has 8 heteroatoms. The molecule has 0 atom stereocenters. The minimum atomic E-state index is -3.43. The van der Waals surface area contributed by atoms with E-state index in [-0.39, 0.29) is 23.4 Å². The average molecular weight is 414 g/mol. The number of carbonyl (C=O) groups is 1. The van der Waals surface area contributed by atoms with Crippen molar-refractivity contribution in [1.82, 2.24) is 14.5 Å². The Labute approximate surface area is 167 Å². The number of sulfonamides is 1. The van der Waals surface area contributed by atoms with Crippen molar-refractivity contribution in [3.63, 3.8) is 0 Å². The third-order valence-corrected chi connectivity index (χ3v) is 8.62. The summed E-state index contributed by atoms with van der Waals surface area (Å²) in [6.07, 6.45) is 2.97. The molecule has 1 aliphatic carbocycles. The van der Waals surface area contributed by atoms with Crippen LogP contribution in [0.1, 0.15) is 46.5 Å². The number of piperazine rings is 1. The van der Waals surface area contributed by atoms with Crippen molar-refractivity contribution >= 4 is 27.3 Å². The zero-order valence-electron chi connectivity index (χ0n) is 16.5. The van der Waals surface area contributed by atoms with Crippen molar-refractivity contribution in [1.29, 1.82) is 0 Å². The van der Waals surface area contributed by atoms with Crippen molar-refractivity contribution in [3.8, 4) is 0 Å². The molecule has 1 saturated carbocycles. The molecular formula is C19H31N3O3S2. The molecule has 27 heavy (non-hydrogen) atoms. The van der Waals surface area contributed by atoms with Gasteiger partial charge in [-0.15, -0.1) is 11.3 Å². The fourth-order valence-corrected chi connectivity index (χ4v) is 6.32. The summed E-state index contributed by atoms with van der Waals surface area (Å²) in [5.74, 6) is 0.289. The third kappa shape index (κ3) is 5.10. The van der Waals surface area contributed by atoms with Gasteiger partial charge in [-0.2, -0.15) is 0 Å². The van der Waals surface area contributed by atoms with E-state index in [4.69, 9.17) is 0 Å². The summed E-state index contributed by atoms with van der Waals surface area (Å²) in [7, 11) is -3.43. The first kappa shape index (κ1) is 20.8. The Balaban J connectivity index is 1.47. The van der Waals surface area contributed by atoms with Gasteiger partial charge >= 0.3 is 0 Å². The molecule has 0 bridgehead atoms. The lowest BCUT2D eigenvalue weighted by Gasteiger charge is -2.43. The van der Waals surface area contributed by atoms with Gasteiger partial charge < -0.3 is 4.90 Å². The van der Waals surface area contributed by atoms with Crippen LogP contribution in [0.25, 0.3) is 0 Å². The van der Waals surface area contributed by atoms with Crippen molar-refractivity contribution in [3.05, 3.63) is 17.5 Å². The van der Waals surface area contributed by atoms with Crippen LogP contribution in [0, 0.1) is 5.92 Å². The van der Waals surface area contributed by atoms with Crippen molar-refractivity contribution < 1.29 is 13.2 Å². The molecule has 0 aromatic carbocycles. The second kappa shape index (κ2) is 8.19. The van der Waals surface area contributed by atoms with Crippen molar-refractivity contribution in [2.75, 3.05) is 26.2 Å². The average Bonchev–Trinajstić information content (AvgIpc) is 3.17. The maximum atomic E-state index is 12.9. The summed E-state index contributed by atoms with van der Waals surface area (Å²) in [5, 5.41) is 1.77. The zero-order chi connectivity index (χ0) is 19.7. The normalized spacial score (nSPS) is 25.5. The van der Waals surface area contributed by atoms with Gasteiger partial charge in [-0.05, 0) is 57.9 Å². The highest BCUT2D eigenvalue weighted by Gasteiger charge is 2.34. The zero-order valence-corrected chi connectivity index (χ0v) is 18.1. The van der Waals surface area contributed by atoms with Crippen molar-refractivity contribution in [2.24, 2.45) is 5.92 Å². The smallest absolute Gasteiger partial charge is 0.250 e. The van der Waals surface area contributed by atoms with Crippen LogP contribution in [0.5, 0.6) is 0 Å². The lowest BCUT2D eigenvalue weighted by Crippen LogP contribution is -2.55. The molecule has 152 valence electrons. The van der Waals surface area contributed by atoms with Crippen LogP contribution in [0.15, 0.2) is 21.7 Å². The highest BCUT2D eigenvalue weighted by atomic mass is 32.2. The molecule has 2 aliphatic rings. The predicted molar refractivity (Wildman–Crippen MR) is 108 cm³/mol. The summed E-state index contributed by atoms with van der Waals surface area (Å²) in [6, 6.07) is 3.30. The van der Waals surface area contributed by atoms with E-state index in [9.17, 15) is 13.2 Å². The molecule has 3 rings (SSSR count). The molecule has 6 nitrogen and oxygen atoms in total. The first-order valence-corrected chi connectivity index (χ1v) is 12.1. The van der Waals surface area contributed by atoms with Gasteiger partial charge in [0, 0.05) is 43.7 Å². The quantitative estimate of drug-likeness (QED) is 0.824. The van der Waals surface area contributed by atoms with E-state index in [0.717, 1.165) is 51.9 Å². The van der Waals surface area contributed by atoms with Crippen LogP contribution in [0.2, 0.25) is 0 Å². The fraction of sp³-hybridized carbons (Fsp3) is 0.737. The Hall–Kier alpha value is -0.960. The SMILES string of the molecule is CC(C)(C)N1CCN(C(=O)C2CCC(NS(=O)(=O)c3cccs3)CC2)CC1. The number of rotatable bonds is 4. The van der Waals surface area contributed by atoms with E-state index in [1.54, 1.807) is 17.5 Å². The van der Waals surface area contributed by atoms with E-state index in [2.05, 4.69) is 30.4 Å². The highest BCUT2D eigenvalue weighted by molar-refractivity contribution is 7.91. The Bertz CT molecular complexity index is 725. The standard InChI is InChI=1S/C19H31N3O3S2/c1-19(2,3)22-12-10-21(11-13-22)18(23)15-6-8-16(9-7-15)20-27(24,25)17-5-4-14-26-17/h4-5,14-16,20H,6-13H2,1-3H3. The van der Waals surface area contributed by atoms with Crippen LogP contribution in [-0.4, -0.2) is 61.9 Å². The molecule has 0 radical (unpaired) electrons. The summed E-state index contributed by atoms with van der Waals surface area (Å²) in [4.78, 5) is 17.3. The molecule has 0 spiro atoms. The summed E-state index contributed by atoms with van der Waals surface area (Å²) >= 11 is 1.23. The van der Waals surface area contributed by atoms with Crippen LogP contribution >= 0.6 is 11.3 Å². The topological polar surface area (TPSA) is 69.7 Å². The Morgan fingerprint density at radius 1 is 1.11 bits per heavy atom. The summed E-state index contributed by atoms with van der Waals surface area (Å²) in [6.45, 7) is 10.1. The van der Waals surface area contributed by atoms with Gasteiger partial charge in [0.1, 0.15) is 4.21 Å². The Kier molecular flexibility index (Phi) is 6.30. The monoisotopic (exact) mass is 413 g/mol. The third-order valence-electron chi connectivity index (χ3n) is 5.70. The predicted octanol–water partition coefficient (Wildman–Crippen LogP) is 2.53. The maximum absolute atomic E-state index is 12.9. The number of hydrogen-bond acceptors (Lipinski definition) is 5. The van der Waals surface area contributed by atoms with Gasteiger partial charge in [0.25, 0.3) is 0 Å². The number of amides is 1. The second-order valence-corrected chi connectivity index (χ2v) is 11.5. The summed E-state index contributed by atoms with van der Waals surface area (Å²) in [5.41, 5.74) is 0.146. The number of hydrogen-bond donors (Lipinski definition) is 1. The number of thiophene rings is 1. The van der Waals surface area contributed by atoms with Crippen LogP contribution in [-0.2, 0) is 14.8 Å². The van der Waals surface area contributed by atoms with Gasteiger partial charge in [0.2, 0.25) is 15.9 Å². The van der Waals surface area contributed by atoms with E-state index >= 15 is 0 Å². The molecule has 2 heterocycles. The lowest BCUT2D eigenvalue weighted by molar-refractivity contribution is -0.139. The highest BCUT2D eigenvalue weighted by Crippen LogP contribution is 2.28. The maximum Gasteiger partial charge on any atom is 0.250 e. The minimum absolute atomic E-state index is 0.0358. The van der Waals surface area contributed by atoms with E-state index in [0.29, 0.717) is 4.21 Å². The molecule has 1 amide bonds. The fourth-order valence-electron chi connectivity index (χ4n) is 4.01. The number of carbonyl (C=O) groups excluding carboxylic acids is 1. The van der Waals surface area contributed by atoms with Crippen LogP contribution < -0.4 is 4.72 Å². The number of nitrogens with one attached hydrogen (secondary N) is 1. The molecule has 2 fully saturated rings. The summed E-state index contributed by atoms with van der Waals surface area (Å²) < 4.78 is 27.9. The molecule has 1 aromatic heterocycles. The molecule has 1 N–H and O–H groups in total. The van der Waals surface area contributed by atoms with Gasteiger partial charge in [0.15, 0.2) is 0 Å². The number of nitrogens with zero attached hydrogens (tertiary/aromatic N) is 2. The second-order valence-electron chi connectivity index (χ2n) is 8.59. The minimum Gasteiger partial charge on any atom is -0.340 e. The van der Waals surface area contributed by atoms with Crippen LogP contribution in [0.3, 0.4) is 0 Å². The Morgan fingerprint density at radius 2 is 1.74 bits per heavy atom. The largest absolute Gasteiger partial charge is 0.340 e. The van der Waals surface area contributed by atoms with E-state index < -0.39 is 10.0 Å². The van der Waals surface area contributed by atoms with E-state index in [1.807, 2.05) is 4.90 Å². The first-order chi connectivity index (χ1) is 12.7. The Morgan fingerprint density at radius 3 is 2.26 bits per heavy atom. The van der Waals surface area contributed by atoms with Gasteiger partial charge in [-0.3, -0.25) is 9.69 Å². The molecule has 1 aliphatic heterocycles. The first-order valence-electron chi connectivity index (χ1n) is 9.76. The molecule has 0 unspecified atom stereocenters. The lowest BCUT2D eigenvalue weighted by atomic mass is 9.85. The van der Waals surface area contributed by atoms with Gasteiger partial charge in [0.05, 0.1) is 0 Å². The van der Waals surface area contributed by atoms with Gasteiger partial charge in [-0.25, -0.2) is 13.1 Å². The molecular weight excluding hydrogens is 382 g/mol. The van der Waals surface area contributed by atoms with Gasteiger partial charge in [-0.1, -0.05) is 6.07 Å². The van der Waals surface area contributed by atoms with E-state index in [1.165, 1.54) is 11.3 Å². The molecule has 1 saturated heterocycles.